The Labute approximate surface area is 162 Å². The maximum Gasteiger partial charge on any atom is 0.235 e. The van der Waals surface area contributed by atoms with Gasteiger partial charge in [0.05, 0.1) is 24.0 Å². The van der Waals surface area contributed by atoms with Gasteiger partial charge < -0.3 is 14.6 Å². The van der Waals surface area contributed by atoms with Crippen molar-refractivity contribution in [3.05, 3.63) is 22.6 Å². The number of hydrogen-bond donors (Lipinski definition) is 2. The molecular weight excluding hydrogens is 364 g/mol. The van der Waals surface area contributed by atoms with E-state index in [2.05, 4.69) is 26.6 Å². The molecule has 1 aliphatic heterocycles. The van der Waals surface area contributed by atoms with Crippen LogP contribution < -0.4 is 5.32 Å². The Morgan fingerprint density at radius 1 is 1.52 bits per heavy atom. The lowest BCUT2D eigenvalue weighted by Crippen LogP contribution is -2.22. The molecule has 27 heavy (non-hydrogen) atoms. The number of carbonyl (C=O) groups excluding carboxylic acids is 1. The van der Waals surface area contributed by atoms with Crippen LogP contribution in [0, 0.1) is 25.2 Å². The molecule has 1 fully saturated rings. The lowest BCUT2D eigenvalue weighted by molar-refractivity contribution is -0.113. The van der Waals surface area contributed by atoms with Gasteiger partial charge in [-0.25, -0.2) is 4.98 Å². The number of nitrogens with one attached hydrogen (secondary N) is 2. The second-order valence-corrected chi connectivity index (χ2v) is 7.49. The van der Waals surface area contributed by atoms with Crippen LogP contribution in [0.2, 0.25) is 0 Å². The van der Waals surface area contributed by atoms with Crippen molar-refractivity contribution in [2.45, 2.75) is 57.8 Å². The molecule has 2 aromatic rings. The van der Waals surface area contributed by atoms with Crippen LogP contribution >= 0.6 is 11.8 Å². The van der Waals surface area contributed by atoms with Crippen molar-refractivity contribution in [2.75, 3.05) is 17.7 Å². The molecule has 9 heteroatoms. The van der Waals surface area contributed by atoms with E-state index in [9.17, 15) is 10.1 Å². The number of rotatable bonds is 7. The Morgan fingerprint density at radius 2 is 2.33 bits per heavy atom. The van der Waals surface area contributed by atoms with Gasteiger partial charge in [0.2, 0.25) is 11.1 Å². The molecule has 0 saturated carbocycles. The number of hydrogen-bond acceptors (Lipinski definition) is 6. The molecule has 0 radical (unpaired) electrons. The van der Waals surface area contributed by atoms with E-state index in [1.165, 1.54) is 11.8 Å². The van der Waals surface area contributed by atoms with E-state index < -0.39 is 0 Å². The average Bonchev–Trinajstić information content (AvgIpc) is 3.38. The van der Waals surface area contributed by atoms with Gasteiger partial charge in [0.15, 0.2) is 0 Å². The largest absolute Gasteiger partial charge is 0.376 e. The summed E-state index contributed by atoms with van der Waals surface area (Å²) in [5, 5.41) is 19.9. The Balaban J connectivity index is 1.72. The van der Waals surface area contributed by atoms with Crippen molar-refractivity contribution >= 4 is 23.5 Å². The van der Waals surface area contributed by atoms with Crippen LogP contribution in [0.1, 0.15) is 42.4 Å². The molecule has 144 valence electrons. The Bertz CT molecular complexity index is 860. The van der Waals surface area contributed by atoms with Crippen LogP contribution in [0.3, 0.4) is 0 Å². The number of aromatic amines is 1. The average molecular weight is 388 g/mol. The van der Waals surface area contributed by atoms with Gasteiger partial charge >= 0.3 is 0 Å². The van der Waals surface area contributed by atoms with Crippen molar-refractivity contribution < 1.29 is 9.53 Å². The fourth-order valence-electron chi connectivity index (χ4n) is 3.15. The first-order valence-corrected chi connectivity index (χ1v) is 10.1. The minimum Gasteiger partial charge on any atom is -0.376 e. The molecule has 1 saturated heterocycles. The number of nitrogens with zero attached hydrogens (tertiary/aromatic N) is 4. The maximum absolute atomic E-state index is 12.5. The monoisotopic (exact) mass is 388 g/mol. The Hall–Kier alpha value is -2.31. The van der Waals surface area contributed by atoms with Crippen LogP contribution in [0.4, 0.5) is 5.82 Å². The van der Waals surface area contributed by atoms with Gasteiger partial charge in [0.25, 0.3) is 0 Å². The highest BCUT2D eigenvalue weighted by atomic mass is 32.2. The van der Waals surface area contributed by atoms with Crippen LogP contribution in [0.25, 0.3) is 0 Å². The van der Waals surface area contributed by atoms with Gasteiger partial charge in [-0.05, 0) is 32.3 Å². The first-order valence-electron chi connectivity index (χ1n) is 9.08. The molecule has 0 bridgehead atoms. The number of ether oxygens (including phenoxy) is 1. The second kappa shape index (κ2) is 8.59. The summed E-state index contributed by atoms with van der Waals surface area (Å²) in [6, 6.07) is 2.23. The topological polar surface area (TPSA) is 109 Å². The van der Waals surface area contributed by atoms with Crippen LogP contribution in [-0.2, 0) is 22.5 Å². The predicted molar refractivity (Wildman–Crippen MR) is 103 cm³/mol. The highest BCUT2D eigenvalue weighted by Crippen LogP contribution is 2.28. The number of nitriles is 1. The molecule has 8 nitrogen and oxygen atoms in total. The molecular formula is C18H24N6O2S. The van der Waals surface area contributed by atoms with Crippen molar-refractivity contribution in [1.82, 2.24) is 19.7 Å². The Kier molecular flexibility index (Phi) is 6.19. The van der Waals surface area contributed by atoms with E-state index in [4.69, 9.17) is 4.74 Å². The van der Waals surface area contributed by atoms with Crippen LogP contribution in [-0.4, -0.2) is 44.1 Å². The third-order valence-electron chi connectivity index (χ3n) is 4.79. The lowest BCUT2D eigenvalue weighted by Gasteiger charge is -2.16. The van der Waals surface area contributed by atoms with Gasteiger partial charge in [0, 0.05) is 18.7 Å². The number of aromatic nitrogens is 4. The van der Waals surface area contributed by atoms with Crippen LogP contribution in [0.15, 0.2) is 5.16 Å². The molecule has 2 aromatic heterocycles. The highest BCUT2D eigenvalue weighted by molar-refractivity contribution is 7.99. The SMILES string of the molecule is CCc1nc(SCC(=O)Nc2c(C#N)c(C)c(C)n2CC2CCCO2)n[nH]1. The molecule has 1 aliphatic rings. The van der Waals surface area contributed by atoms with E-state index in [1.54, 1.807) is 0 Å². The Morgan fingerprint density at radius 3 is 2.96 bits per heavy atom. The minimum absolute atomic E-state index is 0.118. The van der Waals surface area contributed by atoms with E-state index in [0.717, 1.165) is 43.0 Å². The summed E-state index contributed by atoms with van der Waals surface area (Å²) >= 11 is 1.26. The second-order valence-electron chi connectivity index (χ2n) is 6.55. The van der Waals surface area contributed by atoms with Crippen molar-refractivity contribution in [2.24, 2.45) is 0 Å². The summed E-state index contributed by atoms with van der Waals surface area (Å²) < 4.78 is 7.73. The van der Waals surface area contributed by atoms with E-state index >= 15 is 0 Å². The molecule has 2 N–H and O–H groups in total. The quantitative estimate of drug-likeness (QED) is 0.706. The summed E-state index contributed by atoms with van der Waals surface area (Å²) in [6.07, 6.45) is 2.92. The summed E-state index contributed by atoms with van der Waals surface area (Å²) in [6.45, 7) is 7.26. The molecule has 3 rings (SSSR count). The third-order valence-corrected chi connectivity index (χ3v) is 5.63. The third kappa shape index (κ3) is 4.34. The fourth-order valence-corrected chi connectivity index (χ4v) is 3.77. The maximum atomic E-state index is 12.5. The molecule has 0 spiro atoms. The minimum atomic E-state index is -0.189. The van der Waals surface area contributed by atoms with E-state index in [-0.39, 0.29) is 17.8 Å². The first-order chi connectivity index (χ1) is 13.0. The summed E-state index contributed by atoms with van der Waals surface area (Å²) in [4.78, 5) is 16.8. The number of H-pyrrole nitrogens is 1. The highest BCUT2D eigenvalue weighted by Gasteiger charge is 2.24. The number of thioether (sulfide) groups is 1. The lowest BCUT2D eigenvalue weighted by atomic mass is 10.2. The molecule has 1 atom stereocenters. The zero-order chi connectivity index (χ0) is 19.4. The molecule has 3 heterocycles. The van der Waals surface area contributed by atoms with Crippen molar-refractivity contribution in [1.29, 1.82) is 5.26 Å². The fraction of sp³-hybridized carbons (Fsp3) is 0.556. The zero-order valence-corrected chi connectivity index (χ0v) is 16.7. The van der Waals surface area contributed by atoms with E-state index in [0.29, 0.717) is 23.1 Å². The summed E-state index contributed by atoms with van der Waals surface area (Å²) in [7, 11) is 0. The first kappa shape index (κ1) is 19.5. The smallest absolute Gasteiger partial charge is 0.235 e. The standard InChI is InChI=1S/C18H24N6O2S/c1-4-15-20-18(23-22-15)27-10-16(25)21-17-14(8-19)11(2)12(3)24(17)9-13-6-5-7-26-13/h13H,4-7,9-10H2,1-3H3,(H,21,25)(H,20,22,23). The van der Waals surface area contributed by atoms with Gasteiger partial charge in [0.1, 0.15) is 17.7 Å². The molecule has 1 amide bonds. The number of aryl methyl sites for hydroxylation is 1. The van der Waals surface area contributed by atoms with Gasteiger partial charge in [-0.1, -0.05) is 18.7 Å². The van der Waals surface area contributed by atoms with Crippen LogP contribution in [0.5, 0.6) is 0 Å². The van der Waals surface area contributed by atoms with Gasteiger partial charge in [-0.3, -0.25) is 9.89 Å². The molecule has 0 aromatic carbocycles. The van der Waals surface area contributed by atoms with Crippen molar-refractivity contribution in [3.63, 3.8) is 0 Å². The van der Waals surface area contributed by atoms with Crippen molar-refractivity contribution in [3.8, 4) is 6.07 Å². The summed E-state index contributed by atoms with van der Waals surface area (Å²) in [5.74, 6) is 1.33. The zero-order valence-electron chi connectivity index (χ0n) is 15.8. The molecule has 0 aliphatic carbocycles. The van der Waals surface area contributed by atoms with Gasteiger partial charge in [-0.2, -0.15) is 5.26 Å². The number of anilines is 1. The van der Waals surface area contributed by atoms with E-state index in [1.807, 2.05) is 25.3 Å². The normalized spacial score (nSPS) is 16.4. The molecule has 1 unspecified atom stereocenters. The summed E-state index contributed by atoms with van der Waals surface area (Å²) in [5.41, 5.74) is 2.38. The number of amides is 1. The van der Waals surface area contributed by atoms with Gasteiger partial charge in [-0.15, -0.1) is 5.10 Å². The predicted octanol–water partition coefficient (Wildman–Crippen LogP) is 2.57. The number of carbonyl (C=O) groups is 1.